The first-order chi connectivity index (χ1) is 13.9. The van der Waals surface area contributed by atoms with Gasteiger partial charge in [-0.25, -0.2) is 0 Å². The van der Waals surface area contributed by atoms with Crippen molar-refractivity contribution in [2.45, 2.75) is 52.0 Å². The quantitative estimate of drug-likeness (QED) is 0.364. The standard InChI is InChI=1S/C26H33NO/c1-2-3-4-10-20-28-26-18-17-23-15-8-9-16-24(23)25(26)21-27-19-11-14-22-12-6-5-7-13-22/h5-9,12-13,15-18,27H,2-4,10-11,14,19-21H2,1H3. The molecule has 0 amide bonds. The zero-order valence-electron chi connectivity index (χ0n) is 17.1. The Morgan fingerprint density at radius 2 is 1.61 bits per heavy atom. The number of unbranched alkanes of at least 4 members (excludes halogenated alkanes) is 3. The van der Waals surface area contributed by atoms with Crippen molar-refractivity contribution in [3.05, 3.63) is 77.9 Å². The SMILES string of the molecule is CCCCCCOc1ccc2ccccc2c1CNCCCc1ccccc1. The summed E-state index contributed by atoms with van der Waals surface area (Å²) in [6, 6.07) is 23.6. The molecule has 0 aromatic heterocycles. The van der Waals surface area contributed by atoms with Gasteiger partial charge in [0.1, 0.15) is 5.75 Å². The summed E-state index contributed by atoms with van der Waals surface area (Å²) < 4.78 is 6.18. The molecule has 1 N–H and O–H groups in total. The van der Waals surface area contributed by atoms with Gasteiger partial charge in [-0.1, -0.05) is 86.8 Å². The average molecular weight is 376 g/mol. The number of hydrogen-bond acceptors (Lipinski definition) is 2. The highest BCUT2D eigenvalue weighted by Gasteiger charge is 2.09. The predicted molar refractivity (Wildman–Crippen MR) is 120 cm³/mol. The van der Waals surface area contributed by atoms with Crippen molar-refractivity contribution in [1.29, 1.82) is 0 Å². The Labute approximate surface area is 169 Å². The first-order valence-corrected chi connectivity index (χ1v) is 10.8. The summed E-state index contributed by atoms with van der Waals surface area (Å²) in [5.74, 6) is 1.03. The molecule has 0 bridgehead atoms. The van der Waals surface area contributed by atoms with E-state index in [1.165, 1.54) is 41.2 Å². The predicted octanol–water partition coefficient (Wildman–Crippen LogP) is 6.52. The zero-order chi connectivity index (χ0) is 19.4. The summed E-state index contributed by atoms with van der Waals surface area (Å²) in [6.45, 7) is 4.90. The Morgan fingerprint density at radius 1 is 0.786 bits per heavy atom. The van der Waals surface area contributed by atoms with Crippen molar-refractivity contribution in [3.8, 4) is 5.75 Å². The highest BCUT2D eigenvalue weighted by atomic mass is 16.5. The molecule has 0 radical (unpaired) electrons. The minimum atomic E-state index is 0.805. The van der Waals surface area contributed by atoms with Gasteiger partial charge in [-0.15, -0.1) is 0 Å². The third kappa shape index (κ3) is 6.10. The molecule has 148 valence electrons. The summed E-state index contributed by atoms with van der Waals surface area (Å²) in [4.78, 5) is 0. The number of aryl methyl sites for hydroxylation is 1. The van der Waals surface area contributed by atoms with Crippen molar-refractivity contribution in [2.24, 2.45) is 0 Å². The lowest BCUT2D eigenvalue weighted by Crippen LogP contribution is -2.16. The lowest BCUT2D eigenvalue weighted by molar-refractivity contribution is 0.302. The molecular weight excluding hydrogens is 342 g/mol. The lowest BCUT2D eigenvalue weighted by Gasteiger charge is -2.15. The van der Waals surface area contributed by atoms with E-state index in [-0.39, 0.29) is 0 Å². The van der Waals surface area contributed by atoms with Gasteiger partial charge in [0.05, 0.1) is 6.61 Å². The van der Waals surface area contributed by atoms with E-state index < -0.39 is 0 Å². The highest BCUT2D eigenvalue weighted by Crippen LogP contribution is 2.28. The van der Waals surface area contributed by atoms with Crippen LogP contribution in [0.3, 0.4) is 0 Å². The summed E-state index contributed by atoms with van der Waals surface area (Å²) >= 11 is 0. The Kier molecular flexibility index (Phi) is 8.39. The fraction of sp³-hybridized carbons (Fsp3) is 0.385. The molecule has 2 heteroatoms. The molecule has 0 atom stereocenters. The van der Waals surface area contributed by atoms with Crippen molar-refractivity contribution >= 4 is 10.8 Å². The van der Waals surface area contributed by atoms with Crippen LogP contribution in [0.25, 0.3) is 10.8 Å². The first kappa shape index (κ1) is 20.4. The van der Waals surface area contributed by atoms with Crippen molar-refractivity contribution in [2.75, 3.05) is 13.2 Å². The second-order valence-electron chi connectivity index (χ2n) is 7.44. The second kappa shape index (κ2) is 11.5. The van der Waals surface area contributed by atoms with Crippen LogP contribution in [0.4, 0.5) is 0 Å². The maximum absolute atomic E-state index is 6.18. The molecule has 3 rings (SSSR count). The summed E-state index contributed by atoms with van der Waals surface area (Å²) in [6.07, 6.45) is 7.18. The van der Waals surface area contributed by atoms with Gasteiger partial charge < -0.3 is 10.1 Å². The molecular formula is C26H33NO. The number of rotatable bonds is 12. The highest BCUT2D eigenvalue weighted by molar-refractivity contribution is 5.87. The van der Waals surface area contributed by atoms with E-state index >= 15 is 0 Å². The van der Waals surface area contributed by atoms with Crippen LogP contribution in [0, 0.1) is 0 Å². The van der Waals surface area contributed by atoms with Crippen LogP contribution >= 0.6 is 0 Å². The maximum atomic E-state index is 6.18. The number of benzene rings is 3. The average Bonchev–Trinajstić information content (AvgIpc) is 2.75. The van der Waals surface area contributed by atoms with Crippen LogP contribution < -0.4 is 10.1 Å². The number of fused-ring (bicyclic) bond motifs is 1. The second-order valence-corrected chi connectivity index (χ2v) is 7.44. The van der Waals surface area contributed by atoms with Crippen LogP contribution in [-0.4, -0.2) is 13.2 Å². The van der Waals surface area contributed by atoms with E-state index in [9.17, 15) is 0 Å². The van der Waals surface area contributed by atoms with E-state index in [1.807, 2.05) is 0 Å². The maximum Gasteiger partial charge on any atom is 0.124 e. The van der Waals surface area contributed by atoms with Crippen LogP contribution in [-0.2, 0) is 13.0 Å². The first-order valence-electron chi connectivity index (χ1n) is 10.8. The Bertz CT molecular complexity index is 828. The third-order valence-electron chi connectivity index (χ3n) is 5.22. The van der Waals surface area contributed by atoms with E-state index in [0.29, 0.717) is 0 Å². The molecule has 3 aromatic rings. The summed E-state index contributed by atoms with van der Waals surface area (Å²) in [5.41, 5.74) is 2.69. The smallest absolute Gasteiger partial charge is 0.124 e. The molecule has 0 fully saturated rings. The zero-order valence-corrected chi connectivity index (χ0v) is 17.1. The molecule has 28 heavy (non-hydrogen) atoms. The molecule has 0 aliphatic rings. The fourth-order valence-electron chi connectivity index (χ4n) is 3.62. The van der Waals surface area contributed by atoms with Gasteiger partial charge in [-0.05, 0) is 48.2 Å². The van der Waals surface area contributed by atoms with Gasteiger partial charge in [-0.2, -0.15) is 0 Å². The molecule has 0 saturated heterocycles. The molecule has 0 unspecified atom stereocenters. The van der Waals surface area contributed by atoms with E-state index in [1.54, 1.807) is 0 Å². The minimum Gasteiger partial charge on any atom is -0.493 e. The van der Waals surface area contributed by atoms with Gasteiger partial charge in [-0.3, -0.25) is 0 Å². The van der Waals surface area contributed by atoms with Crippen molar-refractivity contribution < 1.29 is 4.74 Å². The third-order valence-corrected chi connectivity index (χ3v) is 5.22. The van der Waals surface area contributed by atoms with Gasteiger partial charge in [0, 0.05) is 12.1 Å². The monoisotopic (exact) mass is 375 g/mol. The Hall–Kier alpha value is -2.32. The van der Waals surface area contributed by atoms with Gasteiger partial charge in [0.15, 0.2) is 0 Å². The number of nitrogens with one attached hydrogen (secondary N) is 1. The topological polar surface area (TPSA) is 21.3 Å². The number of hydrogen-bond donors (Lipinski definition) is 1. The van der Waals surface area contributed by atoms with Crippen molar-refractivity contribution in [3.63, 3.8) is 0 Å². The Balaban J connectivity index is 1.58. The summed E-state index contributed by atoms with van der Waals surface area (Å²) in [5, 5.41) is 6.21. The van der Waals surface area contributed by atoms with E-state index in [2.05, 4.69) is 79.0 Å². The van der Waals surface area contributed by atoms with Gasteiger partial charge in [0.2, 0.25) is 0 Å². The van der Waals surface area contributed by atoms with Crippen LogP contribution in [0.1, 0.15) is 50.2 Å². The molecule has 0 aliphatic carbocycles. The van der Waals surface area contributed by atoms with Gasteiger partial charge in [0.25, 0.3) is 0 Å². The molecule has 0 spiro atoms. The molecule has 0 aliphatic heterocycles. The number of ether oxygens (including phenoxy) is 1. The molecule has 0 heterocycles. The largest absolute Gasteiger partial charge is 0.493 e. The normalized spacial score (nSPS) is 11.0. The van der Waals surface area contributed by atoms with Crippen LogP contribution in [0.2, 0.25) is 0 Å². The fourth-order valence-corrected chi connectivity index (χ4v) is 3.62. The molecule has 0 saturated carbocycles. The lowest BCUT2D eigenvalue weighted by atomic mass is 10.0. The Morgan fingerprint density at radius 3 is 2.46 bits per heavy atom. The minimum absolute atomic E-state index is 0.805. The van der Waals surface area contributed by atoms with Crippen molar-refractivity contribution in [1.82, 2.24) is 5.32 Å². The van der Waals surface area contributed by atoms with Gasteiger partial charge >= 0.3 is 0 Å². The molecule has 3 aromatic carbocycles. The van der Waals surface area contributed by atoms with E-state index in [0.717, 1.165) is 44.7 Å². The van der Waals surface area contributed by atoms with E-state index in [4.69, 9.17) is 4.74 Å². The summed E-state index contributed by atoms with van der Waals surface area (Å²) in [7, 11) is 0. The molecule has 2 nitrogen and oxygen atoms in total. The van der Waals surface area contributed by atoms with Crippen LogP contribution in [0.5, 0.6) is 5.75 Å². The van der Waals surface area contributed by atoms with Crippen LogP contribution in [0.15, 0.2) is 66.7 Å².